The summed E-state index contributed by atoms with van der Waals surface area (Å²) in [5.74, 6) is -1.94. The van der Waals surface area contributed by atoms with Crippen LogP contribution in [0.4, 0.5) is 0 Å². The molecule has 0 atom stereocenters. The molecule has 0 aliphatic carbocycles. The van der Waals surface area contributed by atoms with Gasteiger partial charge in [-0.3, -0.25) is 4.79 Å². The molecule has 0 aliphatic rings. The number of carbonyl (C=O) groups excluding carboxylic acids is 2. The molecule has 0 saturated heterocycles. The van der Waals surface area contributed by atoms with Crippen molar-refractivity contribution in [3.63, 3.8) is 0 Å². The fourth-order valence-corrected chi connectivity index (χ4v) is 1.19. The first kappa shape index (κ1) is 17.6. The minimum atomic E-state index is -0.922. The number of carbonyl (C=O) groups is 2. The van der Waals surface area contributed by atoms with Crippen molar-refractivity contribution < 1.29 is 49.0 Å². The molecule has 0 aliphatic heterocycles. The Morgan fingerprint density at radius 3 is 2.47 bits per heavy atom. The maximum absolute atomic E-state index is 11.6. The van der Waals surface area contributed by atoms with Gasteiger partial charge in [-0.25, -0.2) is 4.79 Å². The van der Waals surface area contributed by atoms with E-state index in [-0.39, 0.29) is 41.9 Å². The molecule has 1 aromatic rings. The molecule has 0 fully saturated rings. The Bertz CT molecular complexity index is 477. The number of allylic oxidation sites excluding steroid dienone is 2. The Hall–Kier alpha value is -1.36. The molecule has 0 amide bonds. The minimum absolute atomic E-state index is 0. The van der Waals surface area contributed by atoms with Gasteiger partial charge in [0.05, 0.1) is 6.61 Å². The van der Waals surface area contributed by atoms with Gasteiger partial charge in [0.1, 0.15) is 0 Å². The smallest absolute Gasteiger partial charge is 0.872 e. The molecule has 94 valence electrons. The monoisotopic (exact) mass is 268 g/mol. The molecule has 0 spiro atoms. The van der Waals surface area contributed by atoms with Crippen molar-refractivity contribution in [3.05, 3.63) is 54.1 Å². The summed E-state index contributed by atoms with van der Waals surface area (Å²) in [5.41, 5.74) is 0.519. The zero-order valence-corrected chi connectivity index (χ0v) is 13.0. The van der Waals surface area contributed by atoms with E-state index in [2.05, 4.69) is 4.74 Å². The van der Waals surface area contributed by atoms with Crippen LogP contribution in [-0.4, -0.2) is 18.4 Å². The minimum Gasteiger partial charge on any atom is -0.872 e. The molecule has 0 aromatic heterocycles. The molecule has 5 heteroatoms. The Labute approximate surface area is 134 Å². The number of benzene rings is 1. The summed E-state index contributed by atoms with van der Waals surface area (Å²) in [5, 5.41) is 11.6. The Balaban J connectivity index is 0.00000324. The average Bonchev–Trinajstić information content (AvgIpc) is 2.39. The summed E-state index contributed by atoms with van der Waals surface area (Å²) >= 11 is 0. The topological polar surface area (TPSA) is 66.4 Å². The van der Waals surface area contributed by atoms with Gasteiger partial charge in [0.15, 0.2) is 0 Å². The van der Waals surface area contributed by atoms with Gasteiger partial charge in [-0.15, -0.1) is 5.76 Å². The van der Waals surface area contributed by atoms with Crippen LogP contribution in [0.25, 0.3) is 5.76 Å². The Kier molecular flexibility index (Phi) is 8.87. The molecular formula is C14H13NaO4. The van der Waals surface area contributed by atoms with E-state index in [9.17, 15) is 14.7 Å². The summed E-state index contributed by atoms with van der Waals surface area (Å²) in [7, 11) is 0. The van der Waals surface area contributed by atoms with Crippen molar-refractivity contribution >= 4 is 17.5 Å². The predicted molar refractivity (Wildman–Crippen MR) is 65.2 cm³/mol. The second-order valence-corrected chi connectivity index (χ2v) is 3.34. The molecule has 1 rings (SSSR count). The van der Waals surface area contributed by atoms with E-state index in [1.165, 1.54) is 12.2 Å². The first-order valence-corrected chi connectivity index (χ1v) is 5.47. The molecule has 0 saturated carbocycles. The van der Waals surface area contributed by atoms with Crippen molar-refractivity contribution in [1.82, 2.24) is 0 Å². The Morgan fingerprint density at radius 1 is 1.26 bits per heavy atom. The molecule has 0 heterocycles. The van der Waals surface area contributed by atoms with E-state index >= 15 is 0 Å². The van der Waals surface area contributed by atoms with Crippen LogP contribution in [-0.2, 0) is 14.3 Å². The second-order valence-electron chi connectivity index (χ2n) is 3.34. The maximum Gasteiger partial charge on any atom is 1.00 e. The molecule has 0 bridgehead atoms. The second kappa shape index (κ2) is 9.55. The van der Waals surface area contributed by atoms with Gasteiger partial charge >= 0.3 is 35.5 Å². The molecule has 0 N–H and O–H groups in total. The van der Waals surface area contributed by atoms with Crippen molar-refractivity contribution in [3.8, 4) is 0 Å². The third kappa shape index (κ3) is 6.38. The van der Waals surface area contributed by atoms with Crippen molar-refractivity contribution in [1.29, 1.82) is 0 Å². The van der Waals surface area contributed by atoms with Gasteiger partial charge in [-0.05, 0) is 18.6 Å². The molecule has 1 aromatic carbocycles. The first-order chi connectivity index (χ1) is 8.65. The number of hydrogen-bond acceptors (Lipinski definition) is 4. The number of ether oxygens (including phenoxy) is 1. The van der Waals surface area contributed by atoms with Gasteiger partial charge in [-0.1, -0.05) is 42.5 Å². The van der Waals surface area contributed by atoms with E-state index < -0.39 is 11.8 Å². The van der Waals surface area contributed by atoms with Crippen LogP contribution in [0.15, 0.2) is 48.6 Å². The zero-order valence-electron chi connectivity index (χ0n) is 11.0. The van der Waals surface area contributed by atoms with Gasteiger partial charge in [0, 0.05) is 0 Å². The quantitative estimate of drug-likeness (QED) is 0.156. The van der Waals surface area contributed by atoms with E-state index in [1.54, 1.807) is 37.3 Å². The fraction of sp³-hybridized carbons (Fsp3) is 0.143. The average molecular weight is 268 g/mol. The largest absolute Gasteiger partial charge is 1.00 e. The summed E-state index contributed by atoms with van der Waals surface area (Å²) in [6.45, 7) is 1.75. The third-order valence-electron chi connectivity index (χ3n) is 2.03. The van der Waals surface area contributed by atoms with Crippen LogP contribution in [0.1, 0.15) is 12.5 Å². The van der Waals surface area contributed by atoms with Gasteiger partial charge in [0.25, 0.3) is 5.78 Å². The predicted octanol–water partition coefficient (Wildman–Crippen LogP) is -1.92. The van der Waals surface area contributed by atoms with E-state index in [1.807, 2.05) is 0 Å². The number of ketones is 1. The van der Waals surface area contributed by atoms with Crippen LogP contribution in [0.5, 0.6) is 0 Å². The molecule has 4 nitrogen and oxygen atoms in total. The maximum atomic E-state index is 11.6. The third-order valence-corrected chi connectivity index (χ3v) is 2.03. The van der Waals surface area contributed by atoms with Crippen LogP contribution in [0, 0.1) is 0 Å². The standard InChI is InChI=1S/C14H14O4.Na/c1-2-18-14(17)13(16)10-6-9-12(15)11-7-4-3-5-8-11;/h3-10,15H,2H2,1H3;/q;+1/p-1/b10-6+,12-9-;. The zero-order chi connectivity index (χ0) is 13.4. The van der Waals surface area contributed by atoms with Crippen LogP contribution in [0.3, 0.4) is 0 Å². The van der Waals surface area contributed by atoms with Crippen molar-refractivity contribution in [2.75, 3.05) is 6.61 Å². The first-order valence-electron chi connectivity index (χ1n) is 5.47. The number of hydrogen-bond donors (Lipinski definition) is 0. The van der Waals surface area contributed by atoms with Crippen LogP contribution < -0.4 is 34.7 Å². The van der Waals surface area contributed by atoms with Crippen LogP contribution in [0.2, 0.25) is 0 Å². The molecule has 0 radical (unpaired) electrons. The van der Waals surface area contributed by atoms with E-state index in [0.29, 0.717) is 5.56 Å². The molecule has 0 unspecified atom stereocenters. The SMILES string of the molecule is CCOC(=O)C(=O)/C=C/C=C(\[O-])c1ccccc1.[Na+]. The van der Waals surface area contributed by atoms with Crippen LogP contribution >= 0.6 is 0 Å². The number of esters is 1. The fourth-order valence-electron chi connectivity index (χ4n) is 1.19. The summed E-state index contributed by atoms with van der Waals surface area (Å²) in [6, 6.07) is 8.62. The van der Waals surface area contributed by atoms with E-state index in [0.717, 1.165) is 6.08 Å². The number of rotatable bonds is 5. The summed E-state index contributed by atoms with van der Waals surface area (Å²) < 4.78 is 4.51. The van der Waals surface area contributed by atoms with Gasteiger partial charge in [0.2, 0.25) is 0 Å². The summed E-state index contributed by atoms with van der Waals surface area (Å²) in [6.07, 6.45) is 3.49. The van der Waals surface area contributed by atoms with Gasteiger partial charge < -0.3 is 9.84 Å². The summed E-state index contributed by atoms with van der Waals surface area (Å²) in [4.78, 5) is 22.1. The molecule has 19 heavy (non-hydrogen) atoms. The Morgan fingerprint density at radius 2 is 1.89 bits per heavy atom. The van der Waals surface area contributed by atoms with E-state index in [4.69, 9.17) is 0 Å². The molecular weight excluding hydrogens is 255 g/mol. The van der Waals surface area contributed by atoms with Crippen molar-refractivity contribution in [2.24, 2.45) is 0 Å². The van der Waals surface area contributed by atoms with Gasteiger partial charge in [-0.2, -0.15) is 0 Å². The van der Waals surface area contributed by atoms with Crippen molar-refractivity contribution in [2.45, 2.75) is 6.92 Å². The normalized spacial score (nSPS) is 10.9.